The molecule has 7 nitrogen and oxygen atoms in total. The summed E-state index contributed by atoms with van der Waals surface area (Å²) in [6.45, 7) is 6.55. The van der Waals surface area contributed by atoms with Crippen LogP contribution in [0.15, 0.2) is 26.4 Å². The first-order chi connectivity index (χ1) is 13.7. The summed E-state index contributed by atoms with van der Waals surface area (Å²) < 4.78 is 0.770. The van der Waals surface area contributed by atoms with E-state index in [1.165, 1.54) is 33.6 Å². The summed E-state index contributed by atoms with van der Waals surface area (Å²) in [6.07, 6.45) is 2.41. The number of nitrogens with zero attached hydrogens (tertiary/aromatic N) is 3. The van der Waals surface area contributed by atoms with Crippen LogP contribution in [0.4, 0.5) is 0 Å². The van der Waals surface area contributed by atoms with Crippen LogP contribution in [0.1, 0.15) is 32.9 Å². The highest BCUT2D eigenvalue weighted by atomic mass is 32.2. The lowest BCUT2D eigenvalue weighted by atomic mass is 9.79. The molecule has 4 rings (SSSR count). The van der Waals surface area contributed by atoms with Crippen molar-refractivity contribution in [2.24, 2.45) is 11.8 Å². The van der Waals surface area contributed by atoms with Gasteiger partial charge in [-0.1, -0.05) is 24.8 Å². The molecule has 0 aromatic carbocycles. The van der Waals surface area contributed by atoms with Gasteiger partial charge in [-0.15, -0.1) is 11.3 Å². The van der Waals surface area contributed by atoms with E-state index in [0.717, 1.165) is 23.0 Å². The van der Waals surface area contributed by atoms with Crippen molar-refractivity contribution >= 4 is 40.5 Å². The van der Waals surface area contributed by atoms with E-state index in [2.05, 4.69) is 24.9 Å². The molecule has 3 aliphatic heterocycles. The molecule has 0 bridgehead atoms. The summed E-state index contributed by atoms with van der Waals surface area (Å²) in [4.78, 5) is 33.4. The molecule has 3 aliphatic rings. The molecule has 4 heterocycles. The Hall–Kier alpha value is -1.68. The molecule has 0 spiro atoms. The summed E-state index contributed by atoms with van der Waals surface area (Å²) in [5.74, 6) is -2.12. The van der Waals surface area contributed by atoms with E-state index in [-0.39, 0.29) is 23.6 Å². The number of amides is 1. The summed E-state index contributed by atoms with van der Waals surface area (Å²) in [6, 6.07) is 0.212. The minimum atomic E-state index is -1.11. The Morgan fingerprint density at radius 2 is 2.14 bits per heavy atom. The van der Waals surface area contributed by atoms with Gasteiger partial charge in [0.2, 0.25) is 5.91 Å². The molecular weight excluding hydrogens is 410 g/mol. The van der Waals surface area contributed by atoms with Gasteiger partial charge in [-0.3, -0.25) is 9.69 Å². The van der Waals surface area contributed by atoms with Gasteiger partial charge < -0.3 is 15.1 Å². The van der Waals surface area contributed by atoms with Crippen molar-refractivity contribution in [1.29, 1.82) is 0 Å². The van der Waals surface area contributed by atoms with Crippen molar-refractivity contribution in [2.45, 2.75) is 49.7 Å². The molecular formula is C20H25N3O4S2. The number of likely N-dealkylation sites (N-methyl/N-ethyl adjacent to an activating group) is 1. The molecule has 5 atom stereocenters. The third-order valence-electron chi connectivity index (χ3n) is 6.20. The van der Waals surface area contributed by atoms with Gasteiger partial charge in [-0.2, -0.15) is 0 Å². The molecule has 0 unspecified atom stereocenters. The number of fused-ring (bicyclic) bond motifs is 1. The van der Waals surface area contributed by atoms with Crippen LogP contribution in [0, 0.1) is 11.8 Å². The maximum absolute atomic E-state index is 12.4. The minimum absolute atomic E-state index is 0.0385. The minimum Gasteiger partial charge on any atom is -0.477 e. The van der Waals surface area contributed by atoms with Crippen LogP contribution in [0.25, 0.3) is 5.57 Å². The van der Waals surface area contributed by atoms with Crippen LogP contribution in [0.3, 0.4) is 0 Å². The second kappa shape index (κ2) is 7.54. The smallest absolute Gasteiger partial charge is 0.353 e. The first-order valence-electron chi connectivity index (χ1n) is 9.72. The Morgan fingerprint density at radius 1 is 1.41 bits per heavy atom. The largest absolute Gasteiger partial charge is 0.477 e. The fourth-order valence-corrected chi connectivity index (χ4v) is 6.48. The van der Waals surface area contributed by atoms with Crippen LogP contribution < -0.4 is 0 Å². The lowest BCUT2D eigenvalue weighted by Crippen LogP contribution is -2.63. The standard InChI is InChI=1S/C20H25N3O4S2/c1-9-5-6-12(7-22(9)4)13-8-28-20(21-13)29-17-10(2)15-14(11(3)24)18(25)23(15)16(17)19(26)27/h6,8-11,14-15,24H,5,7H2,1-4H3,(H,26,27)/t9-,10-,11-,14-,15-/m1/s1. The predicted molar refractivity (Wildman–Crippen MR) is 112 cm³/mol. The Labute approximate surface area is 178 Å². The molecule has 0 saturated carbocycles. The molecule has 1 saturated heterocycles. The molecule has 1 fully saturated rings. The number of hydrogen-bond acceptors (Lipinski definition) is 7. The van der Waals surface area contributed by atoms with Gasteiger partial charge in [0, 0.05) is 28.8 Å². The zero-order chi connectivity index (χ0) is 21.0. The summed E-state index contributed by atoms with van der Waals surface area (Å²) in [5, 5.41) is 21.7. The first kappa shape index (κ1) is 20.6. The molecule has 156 valence electrons. The molecule has 1 amide bonds. The van der Waals surface area contributed by atoms with Gasteiger partial charge in [0.05, 0.1) is 23.8 Å². The van der Waals surface area contributed by atoms with E-state index in [1.807, 2.05) is 12.3 Å². The lowest BCUT2D eigenvalue weighted by molar-refractivity contribution is -0.163. The first-order valence-corrected chi connectivity index (χ1v) is 11.4. The van der Waals surface area contributed by atoms with Crippen molar-refractivity contribution in [2.75, 3.05) is 13.6 Å². The number of carbonyl (C=O) groups excluding carboxylic acids is 1. The number of β-lactam (4-membered cyclic amide) rings is 1. The number of thiazole rings is 1. The van der Waals surface area contributed by atoms with Crippen molar-refractivity contribution in [3.05, 3.63) is 27.8 Å². The van der Waals surface area contributed by atoms with E-state index in [9.17, 15) is 19.8 Å². The van der Waals surface area contributed by atoms with E-state index in [4.69, 9.17) is 4.98 Å². The maximum atomic E-state index is 12.4. The van der Waals surface area contributed by atoms with Crippen molar-refractivity contribution in [3.63, 3.8) is 0 Å². The normalized spacial score (nSPS) is 30.9. The second-order valence-corrected chi connectivity index (χ2v) is 10.2. The second-order valence-electron chi connectivity index (χ2n) is 8.10. The number of aliphatic hydroxyl groups is 1. The highest BCUT2D eigenvalue weighted by Gasteiger charge is 2.60. The number of carboxylic acids is 1. The highest BCUT2D eigenvalue weighted by Crippen LogP contribution is 2.52. The molecule has 29 heavy (non-hydrogen) atoms. The average molecular weight is 436 g/mol. The molecule has 2 N–H and O–H groups in total. The molecule has 9 heteroatoms. The molecule has 0 aliphatic carbocycles. The van der Waals surface area contributed by atoms with Gasteiger partial charge in [-0.25, -0.2) is 9.78 Å². The van der Waals surface area contributed by atoms with Crippen LogP contribution in [0.2, 0.25) is 0 Å². The van der Waals surface area contributed by atoms with Gasteiger partial charge in [0.15, 0.2) is 4.34 Å². The Kier molecular flexibility index (Phi) is 5.35. The highest BCUT2D eigenvalue weighted by molar-refractivity contribution is 8.04. The number of aromatic nitrogens is 1. The van der Waals surface area contributed by atoms with Crippen molar-refractivity contribution < 1.29 is 19.8 Å². The Bertz CT molecular complexity index is 923. The van der Waals surface area contributed by atoms with Crippen molar-refractivity contribution in [1.82, 2.24) is 14.8 Å². The zero-order valence-corrected chi connectivity index (χ0v) is 18.5. The lowest BCUT2D eigenvalue weighted by Gasteiger charge is -2.46. The van der Waals surface area contributed by atoms with Crippen LogP contribution in [-0.2, 0) is 9.59 Å². The topological polar surface area (TPSA) is 94.0 Å². The number of aliphatic hydroxyl groups excluding tert-OH is 1. The van der Waals surface area contributed by atoms with Crippen LogP contribution >= 0.6 is 23.1 Å². The zero-order valence-electron chi connectivity index (χ0n) is 16.8. The molecule has 1 aromatic rings. The Balaban J connectivity index is 1.59. The van der Waals surface area contributed by atoms with Gasteiger partial charge in [0.25, 0.3) is 0 Å². The molecule has 0 radical (unpaired) electrons. The monoisotopic (exact) mass is 435 g/mol. The average Bonchev–Trinajstić information content (AvgIpc) is 3.20. The number of hydrogen-bond donors (Lipinski definition) is 2. The molecule has 1 aromatic heterocycles. The third kappa shape index (κ3) is 3.34. The van der Waals surface area contributed by atoms with Crippen molar-refractivity contribution in [3.8, 4) is 0 Å². The number of rotatable bonds is 5. The van der Waals surface area contributed by atoms with Crippen LogP contribution in [0.5, 0.6) is 0 Å². The van der Waals surface area contributed by atoms with Crippen LogP contribution in [-0.4, -0.2) is 68.7 Å². The summed E-state index contributed by atoms with van der Waals surface area (Å²) >= 11 is 2.83. The fraction of sp³-hybridized carbons (Fsp3) is 0.550. The van der Waals surface area contributed by atoms with E-state index in [0.29, 0.717) is 10.9 Å². The van der Waals surface area contributed by atoms with E-state index < -0.39 is 18.0 Å². The number of carbonyl (C=O) groups is 2. The Morgan fingerprint density at radius 3 is 2.76 bits per heavy atom. The SMILES string of the molecule is C[C@@H]1CC=C(c2csc(SC3=C(C(=O)O)N4C(=O)[C@H]([C@@H](C)O)[C@H]4[C@H]3C)n2)CN1C. The quantitative estimate of drug-likeness (QED) is 0.686. The van der Waals surface area contributed by atoms with E-state index in [1.54, 1.807) is 6.92 Å². The van der Waals surface area contributed by atoms with Gasteiger partial charge in [0.1, 0.15) is 5.70 Å². The van der Waals surface area contributed by atoms with Gasteiger partial charge in [-0.05, 0) is 32.9 Å². The predicted octanol–water partition coefficient (Wildman–Crippen LogP) is 2.50. The number of aliphatic carboxylic acids is 1. The number of thioether (sulfide) groups is 1. The fourth-order valence-electron chi connectivity index (χ4n) is 4.37. The third-order valence-corrected chi connectivity index (χ3v) is 8.42. The summed E-state index contributed by atoms with van der Waals surface area (Å²) in [5.41, 5.74) is 2.16. The maximum Gasteiger partial charge on any atom is 0.353 e. The van der Waals surface area contributed by atoms with Gasteiger partial charge >= 0.3 is 5.97 Å². The number of carboxylic acid groups (broad SMARTS) is 1. The van der Waals surface area contributed by atoms with E-state index >= 15 is 0 Å². The summed E-state index contributed by atoms with van der Waals surface area (Å²) in [7, 11) is 2.10.